The van der Waals surface area contributed by atoms with Crippen molar-refractivity contribution in [3.8, 4) is 0 Å². The minimum Gasteiger partial charge on any atom is -0.396 e. The smallest absolute Gasteiger partial charge is 0.179 e. The molecule has 1 N–H and O–H groups in total. The third kappa shape index (κ3) is 1.26. The van der Waals surface area contributed by atoms with Crippen LogP contribution in [0.3, 0.4) is 0 Å². The van der Waals surface area contributed by atoms with Crippen LogP contribution in [0.15, 0.2) is 29.2 Å². The summed E-state index contributed by atoms with van der Waals surface area (Å²) in [5.41, 5.74) is 0.755. The Morgan fingerprint density at radius 1 is 1.38 bits per heavy atom. The first-order chi connectivity index (χ1) is 6.15. The van der Waals surface area contributed by atoms with Gasteiger partial charge in [-0.15, -0.1) is 0 Å². The van der Waals surface area contributed by atoms with E-state index in [2.05, 4.69) is 0 Å². The van der Waals surface area contributed by atoms with E-state index in [4.69, 9.17) is 5.11 Å². The van der Waals surface area contributed by atoms with Crippen molar-refractivity contribution in [2.45, 2.75) is 10.8 Å². The molecule has 1 aliphatic heterocycles. The standard InChI is InChI=1S/C9H10O3S/c10-5-7-6-13(11,12)9-4-2-1-3-8(7)9/h1-4,7,10H,5-6H2. The average molecular weight is 198 g/mol. The second-order valence-corrected chi connectivity index (χ2v) is 5.20. The third-order valence-electron chi connectivity index (χ3n) is 2.33. The first kappa shape index (κ1) is 8.72. The lowest BCUT2D eigenvalue weighted by Gasteiger charge is -2.03. The van der Waals surface area contributed by atoms with Gasteiger partial charge in [-0.25, -0.2) is 8.42 Å². The van der Waals surface area contributed by atoms with Crippen molar-refractivity contribution in [2.75, 3.05) is 12.4 Å². The first-order valence-electron chi connectivity index (χ1n) is 4.07. The van der Waals surface area contributed by atoms with Crippen LogP contribution in [0, 0.1) is 0 Å². The number of fused-ring (bicyclic) bond motifs is 1. The number of aliphatic hydroxyl groups is 1. The number of benzene rings is 1. The maximum atomic E-state index is 11.5. The molecule has 1 atom stereocenters. The van der Waals surface area contributed by atoms with Gasteiger partial charge in [0.25, 0.3) is 0 Å². The van der Waals surface area contributed by atoms with Crippen LogP contribution in [0.25, 0.3) is 0 Å². The van der Waals surface area contributed by atoms with E-state index in [-0.39, 0.29) is 18.3 Å². The van der Waals surface area contributed by atoms with Crippen molar-refractivity contribution in [1.82, 2.24) is 0 Å². The van der Waals surface area contributed by atoms with Crippen molar-refractivity contribution in [1.29, 1.82) is 0 Å². The zero-order chi connectivity index (χ0) is 9.47. The van der Waals surface area contributed by atoms with E-state index >= 15 is 0 Å². The molecule has 0 amide bonds. The van der Waals surface area contributed by atoms with Crippen LogP contribution in [0.1, 0.15) is 11.5 Å². The molecule has 1 aliphatic rings. The molecule has 1 heterocycles. The molecule has 13 heavy (non-hydrogen) atoms. The molecule has 0 radical (unpaired) electrons. The van der Waals surface area contributed by atoms with Gasteiger partial charge in [-0.2, -0.15) is 0 Å². The predicted octanol–water partition coefficient (Wildman–Crippen LogP) is 0.550. The van der Waals surface area contributed by atoms with Crippen molar-refractivity contribution >= 4 is 9.84 Å². The van der Waals surface area contributed by atoms with Crippen LogP contribution in [-0.2, 0) is 9.84 Å². The van der Waals surface area contributed by atoms with Crippen molar-refractivity contribution < 1.29 is 13.5 Å². The van der Waals surface area contributed by atoms with Crippen molar-refractivity contribution in [3.05, 3.63) is 29.8 Å². The fourth-order valence-corrected chi connectivity index (χ4v) is 3.57. The summed E-state index contributed by atoms with van der Waals surface area (Å²) in [6, 6.07) is 6.86. The number of aliphatic hydroxyl groups excluding tert-OH is 1. The average Bonchev–Trinajstić information content (AvgIpc) is 2.39. The monoisotopic (exact) mass is 198 g/mol. The highest BCUT2D eigenvalue weighted by Gasteiger charge is 2.33. The molecule has 1 aromatic rings. The molecular formula is C9H10O3S. The van der Waals surface area contributed by atoms with Crippen LogP contribution >= 0.6 is 0 Å². The summed E-state index contributed by atoms with van der Waals surface area (Å²) in [5, 5.41) is 8.98. The van der Waals surface area contributed by atoms with E-state index in [0.29, 0.717) is 4.90 Å². The molecule has 4 heteroatoms. The fraction of sp³-hybridized carbons (Fsp3) is 0.333. The highest BCUT2D eigenvalue weighted by molar-refractivity contribution is 7.91. The van der Waals surface area contributed by atoms with Crippen molar-refractivity contribution in [2.24, 2.45) is 0 Å². The summed E-state index contributed by atoms with van der Waals surface area (Å²) in [4.78, 5) is 0.383. The summed E-state index contributed by atoms with van der Waals surface area (Å²) in [5.74, 6) is -0.191. The molecule has 0 aromatic heterocycles. The van der Waals surface area contributed by atoms with Crippen LogP contribution in [0.4, 0.5) is 0 Å². The van der Waals surface area contributed by atoms with Gasteiger partial charge in [-0.1, -0.05) is 18.2 Å². The molecule has 1 aromatic carbocycles. The molecule has 0 saturated carbocycles. The Balaban J connectivity index is 2.64. The Morgan fingerprint density at radius 3 is 2.77 bits per heavy atom. The Hall–Kier alpha value is -0.870. The Labute approximate surface area is 76.9 Å². The largest absolute Gasteiger partial charge is 0.396 e. The second-order valence-electron chi connectivity index (χ2n) is 3.20. The van der Waals surface area contributed by atoms with Gasteiger partial charge in [-0.3, -0.25) is 0 Å². The third-order valence-corrected chi connectivity index (χ3v) is 4.22. The molecule has 0 bridgehead atoms. The minimum absolute atomic E-state index is 0.0445. The van der Waals surface area contributed by atoms with Gasteiger partial charge >= 0.3 is 0 Å². The second kappa shape index (κ2) is 2.82. The lowest BCUT2D eigenvalue weighted by atomic mass is 10.0. The minimum atomic E-state index is -3.13. The van der Waals surface area contributed by atoms with Gasteiger partial charge in [0.2, 0.25) is 0 Å². The molecule has 0 fully saturated rings. The van der Waals surface area contributed by atoms with E-state index < -0.39 is 9.84 Å². The lowest BCUT2D eigenvalue weighted by molar-refractivity contribution is 0.274. The summed E-state index contributed by atoms with van der Waals surface area (Å²) in [6.45, 7) is -0.101. The molecule has 0 aliphatic carbocycles. The lowest BCUT2D eigenvalue weighted by Crippen LogP contribution is -2.06. The summed E-state index contributed by atoms with van der Waals surface area (Å²) < 4.78 is 23.0. The van der Waals surface area contributed by atoms with Crippen LogP contribution < -0.4 is 0 Å². The van der Waals surface area contributed by atoms with Gasteiger partial charge in [0.05, 0.1) is 17.3 Å². The number of rotatable bonds is 1. The zero-order valence-corrected chi connectivity index (χ0v) is 7.79. The van der Waals surface area contributed by atoms with E-state index in [0.717, 1.165) is 5.56 Å². The number of hydrogen-bond acceptors (Lipinski definition) is 3. The quantitative estimate of drug-likeness (QED) is 0.717. The van der Waals surface area contributed by atoms with Gasteiger partial charge in [-0.05, 0) is 11.6 Å². The van der Waals surface area contributed by atoms with Crippen LogP contribution in [-0.4, -0.2) is 25.9 Å². The Morgan fingerprint density at radius 2 is 2.08 bits per heavy atom. The molecule has 0 saturated heterocycles. The SMILES string of the molecule is O=S1(=O)CC(CO)c2ccccc21. The summed E-state index contributed by atoms with van der Waals surface area (Å²) in [7, 11) is -3.13. The topological polar surface area (TPSA) is 54.4 Å². The van der Waals surface area contributed by atoms with Gasteiger partial charge in [0.1, 0.15) is 0 Å². The van der Waals surface area contributed by atoms with Gasteiger partial charge in [0, 0.05) is 5.92 Å². The first-order valence-corrected chi connectivity index (χ1v) is 5.73. The zero-order valence-electron chi connectivity index (χ0n) is 6.97. The Kier molecular flexibility index (Phi) is 1.89. The predicted molar refractivity (Wildman–Crippen MR) is 48.3 cm³/mol. The van der Waals surface area contributed by atoms with E-state index in [1.807, 2.05) is 0 Å². The highest BCUT2D eigenvalue weighted by atomic mass is 32.2. The van der Waals surface area contributed by atoms with Crippen molar-refractivity contribution in [3.63, 3.8) is 0 Å². The summed E-state index contributed by atoms with van der Waals surface area (Å²) >= 11 is 0. The van der Waals surface area contributed by atoms with Gasteiger partial charge < -0.3 is 5.11 Å². The highest BCUT2D eigenvalue weighted by Crippen LogP contribution is 2.33. The van der Waals surface area contributed by atoms with E-state index in [9.17, 15) is 8.42 Å². The number of sulfone groups is 1. The fourth-order valence-electron chi connectivity index (χ4n) is 1.70. The Bertz CT molecular complexity index is 422. The molecule has 0 spiro atoms. The molecule has 1 unspecified atom stereocenters. The van der Waals surface area contributed by atoms with Gasteiger partial charge in [0.15, 0.2) is 9.84 Å². The normalized spacial score (nSPS) is 24.2. The maximum Gasteiger partial charge on any atom is 0.179 e. The molecule has 70 valence electrons. The summed E-state index contributed by atoms with van der Waals surface area (Å²) in [6.07, 6.45) is 0. The number of hydrogen-bond donors (Lipinski definition) is 1. The van der Waals surface area contributed by atoms with E-state index in [1.165, 1.54) is 0 Å². The molecular weight excluding hydrogens is 188 g/mol. The van der Waals surface area contributed by atoms with Crippen LogP contribution in [0.2, 0.25) is 0 Å². The van der Waals surface area contributed by atoms with Crippen LogP contribution in [0.5, 0.6) is 0 Å². The molecule has 3 nitrogen and oxygen atoms in total. The maximum absolute atomic E-state index is 11.5. The molecule has 2 rings (SSSR count). The van der Waals surface area contributed by atoms with E-state index in [1.54, 1.807) is 24.3 Å².